The fraction of sp³-hybridized carbons (Fsp3) is 0.833. The number of aromatic nitrogens is 3. The van der Waals surface area contributed by atoms with E-state index in [-0.39, 0.29) is 16.7 Å². The standard InChI is InChI=1S/C18H28N4O2S/c1-12(25-17-21-19-11-22(17)3-4-24-2)16(23)20-18-8-13-5-14(9-18)7-15(6-13)10-18/h11-15H,3-10H2,1-2H3,(H,20,23). The summed E-state index contributed by atoms with van der Waals surface area (Å²) in [6.07, 6.45) is 9.43. The predicted molar refractivity (Wildman–Crippen MR) is 96.3 cm³/mol. The van der Waals surface area contributed by atoms with E-state index in [4.69, 9.17) is 4.74 Å². The van der Waals surface area contributed by atoms with Crippen LogP contribution in [-0.4, -0.2) is 45.2 Å². The van der Waals surface area contributed by atoms with Gasteiger partial charge in [-0.15, -0.1) is 10.2 Å². The molecule has 0 aromatic carbocycles. The quantitative estimate of drug-likeness (QED) is 0.753. The molecule has 4 bridgehead atoms. The fourth-order valence-corrected chi connectivity index (χ4v) is 6.37. The monoisotopic (exact) mass is 364 g/mol. The lowest BCUT2D eigenvalue weighted by Gasteiger charge is -2.57. The van der Waals surface area contributed by atoms with Gasteiger partial charge in [0.05, 0.1) is 11.9 Å². The van der Waals surface area contributed by atoms with Gasteiger partial charge < -0.3 is 14.6 Å². The van der Waals surface area contributed by atoms with Gasteiger partial charge in [-0.3, -0.25) is 4.79 Å². The van der Waals surface area contributed by atoms with Crippen molar-refractivity contribution in [3.63, 3.8) is 0 Å². The van der Waals surface area contributed by atoms with Crippen molar-refractivity contribution in [3.8, 4) is 0 Å². The number of amides is 1. The molecule has 0 spiro atoms. The average molecular weight is 365 g/mol. The summed E-state index contributed by atoms with van der Waals surface area (Å²) < 4.78 is 7.06. The van der Waals surface area contributed by atoms with E-state index in [0.29, 0.717) is 13.2 Å². The number of ether oxygens (including phenoxy) is 1. The van der Waals surface area contributed by atoms with Crippen LogP contribution in [0.15, 0.2) is 11.5 Å². The van der Waals surface area contributed by atoms with E-state index in [2.05, 4.69) is 15.5 Å². The van der Waals surface area contributed by atoms with Crippen molar-refractivity contribution < 1.29 is 9.53 Å². The molecule has 4 aliphatic rings. The van der Waals surface area contributed by atoms with Crippen molar-refractivity contribution in [2.24, 2.45) is 17.8 Å². The third-order valence-electron chi connectivity index (χ3n) is 6.19. The SMILES string of the molecule is COCCn1cnnc1SC(C)C(=O)NC12CC3CC(CC(C3)C1)C2. The van der Waals surface area contributed by atoms with E-state index >= 15 is 0 Å². The smallest absolute Gasteiger partial charge is 0.233 e. The molecular formula is C18H28N4O2S. The second-order valence-corrected chi connectivity index (χ2v) is 9.55. The zero-order valence-corrected chi connectivity index (χ0v) is 15.9. The molecule has 1 amide bonds. The second kappa shape index (κ2) is 6.91. The zero-order valence-electron chi connectivity index (χ0n) is 15.1. The minimum absolute atomic E-state index is 0.0738. The molecule has 4 fully saturated rings. The molecule has 1 N–H and O–H groups in total. The zero-order chi connectivity index (χ0) is 17.4. The molecule has 1 aromatic heterocycles. The van der Waals surface area contributed by atoms with Gasteiger partial charge in [-0.05, 0) is 63.2 Å². The lowest BCUT2D eigenvalue weighted by Crippen LogP contribution is -2.60. The highest BCUT2D eigenvalue weighted by Gasteiger charge is 2.51. The first kappa shape index (κ1) is 17.3. The van der Waals surface area contributed by atoms with Crippen molar-refractivity contribution in [2.75, 3.05) is 13.7 Å². The van der Waals surface area contributed by atoms with Crippen molar-refractivity contribution in [1.29, 1.82) is 0 Å². The van der Waals surface area contributed by atoms with Gasteiger partial charge in [-0.2, -0.15) is 0 Å². The van der Waals surface area contributed by atoms with Gasteiger partial charge in [0.2, 0.25) is 5.91 Å². The van der Waals surface area contributed by atoms with E-state index in [1.165, 1.54) is 50.3 Å². The molecular weight excluding hydrogens is 336 g/mol. The second-order valence-electron chi connectivity index (χ2n) is 8.25. The molecule has 4 saturated carbocycles. The summed E-state index contributed by atoms with van der Waals surface area (Å²) in [7, 11) is 1.68. The normalized spacial score (nSPS) is 34.2. The first-order valence-electron chi connectivity index (χ1n) is 9.42. The number of rotatable bonds is 7. The van der Waals surface area contributed by atoms with Crippen molar-refractivity contribution in [2.45, 2.75) is 67.9 Å². The van der Waals surface area contributed by atoms with Gasteiger partial charge in [-0.1, -0.05) is 11.8 Å². The Balaban J connectivity index is 1.37. The Morgan fingerprint density at radius 2 is 2.00 bits per heavy atom. The fourth-order valence-electron chi connectivity index (χ4n) is 5.52. The van der Waals surface area contributed by atoms with Crippen LogP contribution in [-0.2, 0) is 16.1 Å². The van der Waals surface area contributed by atoms with Gasteiger partial charge in [0.25, 0.3) is 0 Å². The third kappa shape index (κ3) is 3.58. The maximum atomic E-state index is 12.9. The third-order valence-corrected chi connectivity index (χ3v) is 7.29. The van der Waals surface area contributed by atoms with E-state index in [1.54, 1.807) is 13.4 Å². The van der Waals surface area contributed by atoms with E-state index in [0.717, 1.165) is 22.9 Å². The molecule has 0 aliphatic heterocycles. The Morgan fingerprint density at radius 1 is 1.36 bits per heavy atom. The lowest BCUT2D eigenvalue weighted by molar-refractivity contribution is -0.126. The Kier molecular flexibility index (Phi) is 4.79. The lowest BCUT2D eigenvalue weighted by atomic mass is 9.53. The van der Waals surface area contributed by atoms with Crippen LogP contribution in [0.2, 0.25) is 0 Å². The van der Waals surface area contributed by atoms with Gasteiger partial charge >= 0.3 is 0 Å². The first-order valence-corrected chi connectivity index (χ1v) is 10.3. The number of hydrogen-bond acceptors (Lipinski definition) is 5. The molecule has 4 aliphatic carbocycles. The maximum absolute atomic E-state index is 12.9. The summed E-state index contributed by atoms with van der Waals surface area (Å²) in [6.45, 7) is 3.28. The number of nitrogens with one attached hydrogen (secondary N) is 1. The maximum Gasteiger partial charge on any atom is 0.233 e. The van der Waals surface area contributed by atoms with Gasteiger partial charge in [0.1, 0.15) is 6.33 Å². The number of thioether (sulfide) groups is 1. The topological polar surface area (TPSA) is 69.0 Å². The summed E-state index contributed by atoms with van der Waals surface area (Å²) in [5.41, 5.74) is 0.0738. The Bertz CT molecular complexity index is 597. The molecule has 25 heavy (non-hydrogen) atoms. The van der Waals surface area contributed by atoms with Crippen molar-refractivity contribution >= 4 is 17.7 Å². The van der Waals surface area contributed by atoms with Gasteiger partial charge in [0.15, 0.2) is 5.16 Å². The molecule has 1 atom stereocenters. The average Bonchev–Trinajstić information content (AvgIpc) is 2.98. The largest absolute Gasteiger partial charge is 0.383 e. The summed E-state index contributed by atoms with van der Waals surface area (Å²) in [4.78, 5) is 12.9. The molecule has 0 saturated heterocycles. The molecule has 138 valence electrons. The first-order chi connectivity index (χ1) is 12.1. The van der Waals surface area contributed by atoms with E-state index in [1.807, 2.05) is 11.5 Å². The van der Waals surface area contributed by atoms with Crippen LogP contribution < -0.4 is 5.32 Å². The van der Waals surface area contributed by atoms with Crippen LogP contribution in [0.5, 0.6) is 0 Å². The number of hydrogen-bond donors (Lipinski definition) is 1. The summed E-state index contributed by atoms with van der Waals surface area (Å²) in [5, 5.41) is 12.2. The minimum Gasteiger partial charge on any atom is -0.383 e. The highest BCUT2D eigenvalue weighted by atomic mass is 32.2. The Labute approximate surface area is 153 Å². The molecule has 0 radical (unpaired) electrons. The minimum atomic E-state index is -0.168. The summed E-state index contributed by atoms with van der Waals surface area (Å²) in [6, 6.07) is 0. The molecule has 6 nitrogen and oxygen atoms in total. The number of carbonyl (C=O) groups excluding carboxylic acids is 1. The molecule has 1 aromatic rings. The van der Waals surface area contributed by atoms with E-state index in [9.17, 15) is 4.79 Å². The van der Waals surface area contributed by atoms with Crippen molar-refractivity contribution in [3.05, 3.63) is 6.33 Å². The Hall–Kier alpha value is -1.08. The molecule has 1 heterocycles. The molecule has 5 rings (SSSR count). The predicted octanol–water partition coefficient (Wildman–Crippen LogP) is 2.49. The van der Waals surface area contributed by atoms with Gasteiger partial charge in [-0.25, -0.2) is 0 Å². The van der Waals surface area contributed by atoms with Crippen LogP contribution in [0.1, 0.15) is 45.4 Å². The highest BCUT2D eigenvalue weighted by Crippen LogP contribution is 2.55. The van der Waals surface area contributed by atoms with Crippen LogP contribution in [0.4, 0.5) is 0 Å². The number of carbonyl (C=O) groups is 1. The number of nitrogens with zero attached hydrogens (tertiary/aromatic N) is 3. The molecule has 7 heteroatoms. The Morgan fingerprint density at radius 3 is 2.60 bits per heavy atom. The van der Waals surface area contributed by atoms with Crippen molar-refractivity contribution in [1.82, 2.24) is 20.1 Å². The summed E-state index contributed by atoms with van der Waals surface area (Å²) >= 11 is 1.49. The van der Waals surface area contributed by atoms with Crippen LogP contribution >= 0.6 is 11.8 Å². The summed E-state index contributed by atoms with van der Waals surface area (Å²) in [5.74, 6) is 2.66. The number of methoxy groups -OCH3 is 1. The van der Waals surface area contributed by atoms with Gasteiger partial charge in [0, 0.05) is 19.2 Å². The van der Waals surface area contributed by atoms with Crippen LogP contribution in [0, 0.1) is 17.8 Å². The van der Waals surface area contributed by atoms with Crippen LogP contribution in [0.25, 0.3) is 0 Å². The van der Waals surface area contributed by atoms with E-state index < -0.39 is 0 Å². The van der Waals surface area contributed by atoms with Crippen LogP contribution in [0.3, 0.4) is 0 Å². The highest BCUT2D eigenvalue weighted by molar-refractivity contribution is 8.00. The molecule has 1 unspecified atom stereocenters.